The zero-order chi connectivity index (χ0) is 22.0. The lowest BCUT2D eigenvalue weighted by molar-refractivity contribution is 0.0988. The highest BCUT2D eigenvalue weighted by Crippen LogP contribution is 2.27. The molecule has 0 aliphatic carbocycles. The van der Waals surface area contributed by atoms with Crippen LogP contribution in [0.5, 0.6) is 0 Å². The number of nitrogens with zero attached hydrogens (tertiary/aromatic N) is 3. The van der Waals surface area contributed by atoms with E-state index in [1.54, 1.807) is 30.3 Å². The van der Waals surface area contributed by atoms with Crippen LogP contribution in [0.4, 0.5) is 15.8 Å². The van der Waals surface area contributed by atoms with Crippen LogP contribution < -0.4 is 10.2 Å². The molecule has 2 heterocycles. The molecule has 0 bridgehead atoms. The van der Waals surface area contributed by atoms with E-state index in [2.05, 4.69) is 34.4 Å². The molecule has 0 spiro atoms. The molecule has 0 atom stereocenters. The lowest BCUT2D eigenvalue weighted by atomic mass is 10.0. The summed E-state index contributed by atoms with van der Waals surface area (Å²) >= 11 is 6.00. The first kappa shape index (κ1) is 21.3. The second-order valence-corrected chi connectivity index (χ2v) is 8.33. The van der Waals surface area contributed by atoms with Gasteiger partial charge < -0.3 is 19.6 Å². The number of amides is 1. The highest BCUT2D eigenvalue weighted by Gasteiger charge is 2.23. The molecular weight excluding hydrogens is 419 g/mol. The Morgan fingerprint density at radius 2 is 1.97 bits per heavy atom. The Morgan fingerprint density at radius 1 is 1.19 bits per heavy atom. The molecule has 162 valence electrons. The first-order valence-electron chi connectivity index (χ1n) is 10.2. The molecule has 8 heteroatoms. The maximum Gasteiger partial charge on any atom is 0.294 e. The number of halogens is 2. The Kier molecular flexibility index (Phi) is 6.25. The largest absolute Gasteiger partial charge is 0.369 e. The van der Waals surface area contributed by atoms with Crippen LogP contribution in [0.25, 0.3) is 11.3 Å². The standard InChI is InChI=1S/C23H24ClFN4O2/c1-28(2)18-8-10-29(11-9-18)21-7-6-17(13-19(21)25)26-23(30)22-14-20(27-31-22)15-4-3-5-16(24)12-15/h3-7,12-14,18H,8-11H2,1-2H3,(H,26,30). The second kappa shape index (κ2) is 9.08. The monoisotopic (exact) mass is 442 g/mol. The van der Waals surface area contributed by atoms with E-state index in [-0.39, 0.29) is 11.6 Å². The van der Waals surface area contributed by atoms with Crippen LogP contribution in [0.15, 0.2) is 53.1 Å². The Labute approximate surface area is 185 Å². The molecule has 1 aromatic heterocycles. The summed E-state index contributed by atoms with van der Waals surface area (Å²) < 4.78 is 19.9. The van der Waals surface area contributed by atoms with Gasteiger partial charge in [0.15, 0.2) is 0 Å². The van der Waals surface area contributed by atoms with Crippen LogP contribution in [0.2, 0.25) is 5.02 Å². The quantitative estimate of drug-likeness (QED) is 0.607. The molecule has 1 amide bonds. The third kappa shape index (κ3) is 4.89. The van der Waals surface area contributed by atoms with Gasteiger partial charge in [0.1, 0.15) is 11.5 Å². The number of benzene rings is 2. The van der Waals surface area contributed by atoms with E-state index in [0.717, 1.165) is 31.5 Å². The topological polar surface area (TPSA) is 61.6 Å². The molecule has 1 aliphatic heterocycles. The van der Waals surface area contributed by atoms with E-state index in [4.69, 9.17) is 16.1 Å². The molecule has 31 heavy (non-hydrogen) atoms. The fourth-order valence-electron chi connectivity index (χ4n) is 3.82. The Hall–Kier alpha value is -2.90. The van der Waals surface area contributed by atoms with Crippen LogP contribution >= 0.6 is 11.6 Å². The van der Waals surface area contributed by atoms with Gasteiger partial charge in [-0.2, -0.15) is 0 Å². The van der Waals surface area contributed by atoms with Crippen molar-refractivity contribution in [3.05, 3.63) is 65.1 Å². The highest BCUT2D eigenvalue weighted by molar-refractivity contribution is 6.30. The Morgan fingerprint density at radius 3 is 2.65 bits per heavy atom. The van der Waals surface area contributed by atoms with Crippen LogP contribution in [0, 0.1) is 5.82 Å². The molecular formula is C23H24ClFN4O2. The van der Waals surface area contributed by atoms with E-state index in [0.29, 0.717) is 28.1 Å². The average Bonchev–Trinajstić information content (AvgIpc) is 3.25. The van der Waals surface area contributed by atoms with Crippen LogP contribution in [-0.4, -0.2) is 49.2 Å². The van der Waals surface area contributed by atoms with Gasteiger partial charge in [0.05, 0.1) is 5.69 Å². The van der Waals surface area contributed by atoms with Gasteiger partial charge in [-0.15, -0.1) is 0 Å². The van der Waals surface area contributed by atoms with Crippen LogP contribution in [-0.2, 0) is 0 Å². The first-order valence-corrected chi connectivity index (χ1v) is 10.5. The number of aromatic nitrogens is 1. The van der Waals surface area contributed by atoms with Gasteiger partial charge in [-0.1, -0.05) is 28.9 Å². The number of carbonyl (C=O) groups is 1. The third-order valence-electron chi connectivity index (χ3n) is 5.60. The van der Waals surface area contributed by atoms with Crippen LogP contribution in [0.1, 0.15) is 23.4 Å². The van der Waals surface area contributed by atoms with E-state index < -0.39 is 5.91 Å². The zero-order valence-electron chi connectivity index (χ0n) is 17.4. The predicted molar refractivity (Wildman–Crippen MR) is 120 cm³/mol. The van der Waals surface area contributed by atoms with Crippen molar-refractivity contribution in [2.75, 3.05) is 37.4 Å². The fourth-order valence-corrected chi connectivity index (χ4v) is 4.01. The van der Waals surface area contributed by atoms with Crippen molar-refractivity contribution in [3.63, 3.8) is 0 Å². The van der Waals surface area contributed by atoms with Crippen molar-refractivity contribution in [2.24, 2.45) is 0 Å². The summed E-state index contributed by atoms with van der Waals surface area (Å²) in [7, 11) is 4.15. The normalized spacial score (nSPS) is 14.8. The molecule has 0 unspecified atom stereocenters. The van der Waals surface area contributed by atoms with Gasteiger partial charge in [-0.3, -0.25) is 4.79 Å². The van der Waals surface area contributed by atoms with Gasteiger partial charge in [0, 0.05) is 41.5 Å². The summed E-state index contributed by atoms with van der Waals surface area (Å²) in [6, 6.07) is 13.9. The van der Waals surface area contributed by atoms with Gasteiger partial charge in [0.2, 0.25) is 5.76 Å². The summed E-state index contributed by atoms with van der Waals surface area (Å²) in [5.74, 6) is -0.830. The van der Waals surface area contributed by atoms with Crippen LogP contribution in [0.3, 0.4) is 0 Å². The van der Waals surface area contributed by atoms with Crippen molar-refractivity contribution in [2.45, 2.75) is 18.9 Å². The lowest BCUT2D eigenvalue weighted by Gasteiger charge is -2.36. The molecule has 0 radical (unpaired) electrons. The predicted octanol–water partition coefficient (Wildman–Crippen LogP) is 4.92. The van der Waals surface area contributed by atoms with E-state index in [1.807, 2.05) is 6.07 Å². The van der Waals surface area contributed by atoms with Crippen molar-refractivity contribution < 1.29 is 13.7 Å². The van der Waals surface area contributed by atoms with Crippen molar-refractivity contribution in [1.29, 1.82) is 0 Å². The molecule has 1 fully saturated rings. The molecule has 1 aliphatic rings. The van der Waals surface area contributed by atoms with Gasteiger partial charge in [0.25, 0.3) is 5.91 Å². The highest BCUT2D eigenvalue weighted by atomic mass is 35.5. The minimum absolute atomic E-state index is 0.0326. The lowest BCUT2D eigenvalue weighted by Crippen LogP contribution is -2.42. The van der Waals surface area contributed by atoms with Crippen molar-refractivity contribution in [3.8, 4) is 11.3 Å². The number of hydrogen-bond acceptors (Lipinski definition) is 5. The number of anilines is 2. The summed E-state index contributed by atoms with van der Waals surface area (Å²) in [5.41, 5.74) is 2.15. The third-order valence-corrected chi connectivity index (χ3v) is 5.83. The first-order chi connectivity index (χ1) is 14.9. The molecule has 2 aromatic carbocycles. The number of carbonyl (C=O) groups excluding carboxylic acids is 1. The number of hydrogen-bond donors (Lipinski definition) is 1. The molecule has 4 rings (SSSR count). The summed E-state index contributed by atoms with van der Waals surface area (Å²) in [6.07, 6.45) is 1.98. The maximum atomic E-state index is 14.8. The second-order valence-electron chi connectivity index (χ2n) is 7.89. The van der Waals surface area contributed by atoms with Gasteiger partial charge in [-0.25, -0.2) is 4.39 Å². The zero-order valence-corrected chi connectivity index (χ0v) is 18.2. The molecule has 3 aromatic rings. The smallest absolute Gasteiger partial charge is 0.294 e. The van der Waals surface area contributed by atoms with Crippen molar-refractivity contribution in [1.82, 2.24) is 10.1 Å². The van der Waals surface area contributed by atoms with Crippen molar-refractivity contribution >= 4 is 28.9 Å². The SMILES string of the molecule is CN(C)C1CCN(c2ccc(NC(=O)c3cc(-c4cccc(Cl)c4)no3)cc2F)CC1. The fraction of sp³-hybridized carbons (Fsp3) is 0.304. The molecule has 1 saturated heterocycles. The molecule has 6 nitrogen and oxygen atoms in total. The molecule has 1 N–H and O–H groups in total. The van der Waals surface area contributed by atoms with Gasteiger partial charge in [-0.05, 0) is 57.3 Å². The minimum atomic E-state index is -0.500. The summed E-state index contributed by atoms with van der Waals surface area (Å²) in [5, 5.41) is 7.15. The molecule has 0 saturated carbocycles. The number of piperidine rings is 1. The van der Waals surface area contributed by atoms with E-state index in [9.17, 15) is 9.18 Å². The van der Waals surface area contributed by atoms with Gasteiger partial charge >= 0.3 is 0 Å². The average molecular weight is 443 g/mol. The minimum Gasteiger partial charge on any atom is -0.369 e. The summed E-state index contributed by atoms with van der Waals surface area (Å²) in [6.45, 7) is 1.60. The maximum absolute atomic E-state index is 14.8. The number of nitrogens with one attached hydrogen (secondary N) is 1. The van der Waals surface area contributed by atoms with E-state index in [1.165, 1.54) is 12.1 Å². The number of rotatable bonds is 5. The Balaban J connectivity index is 1.42. The van der Waals surface area contributed by atoms with E-state index >= 15 is 0 Å². The summed E-state index contributed by atoms with van der Waals surface area (Å²) in [4.78, 5) is 16.8. The Bertz CT molecular complexity index is 1080.